The maximum absolute atomic E-state index is 2.24. The topological polar surface area (TPSA) is 0 Å². The van der Waals surface area contributed by atoms with E-state index in [1.165, 1.54) is 11.1 Å². The third-order valence-corrected chi connectivity index (χ3v) is 2.18. The van der Waals surface area contributed by atoms with Crippen molar-refractivity contribution in [3.8, 4) is 0 Å². The lowest BCUT2D eigenvalue weighted by Gasteiger charge is -2.05. The molecule has 0 heteroatoms. The molecule has 0 bridgehead atoms. The number of hydrogen-bond donors (Lipinski definition) is 0. The zero-order valence-electron chi connectivity index (χ0n) is 7.20. The first kappa shape index (κ1) is 7.35. The lowest BCUT2D eigenvalue weighted by molar-refractivity contribution is 1.10. The van der Waals surface area contributed by atoms with Gasteiger partial charge in [0.15, 0.2) is 0 Å². The lowest BCUT2D eigenvalue weighted by Crippen LogP contribution is -1.88. The molecule has 0 atom stereocenters. The Bertz CT molecular complexity index is 320. The van der Waals surface area contributed by atoms with Crippen LogP contribution in [0.3, 0.4) is 0 Å². The monoisotopic (exact) mass is 156 g/mol. The summed E-state index contributed by atoms with van der Waals surface area (Å²) >= 11 is 0. The number of allylic oxidation sites excluding steroid dienone is 4. The molecule has 1 aromatic rings. The zero-order valence-corrected chi connectivity index (χ0v) is 7.20. The highest BCUT2D eigenvalue weighted by Crippen LogP contribution is 2.23. The molecule has 0 unspecified atom stereocenters. The van der Waals surface area contributed by atoms with Gasteiger partial charge in [-0.1, -0.05) is 54.1 Å². The van der Waals surface area contributed by atoms with Crippen LogP contribution in [0.2, 0.25) is 0 Å². The molecule has 60 valence electrons. The Morgan fingerprint density at radius 1 is 1.08 bits per heavy atom. The molecule has 0 spiro atoms. The Balaban J connectivity index is 2.34. The van der Waals surface area contributed by atoms with E-state index in [0.717, 1.165) is 0 Å². The highest BCUT2D eigenvalue weighted by Gasteiger charge is 2.05. The van der Waals surface area contributed by atoms with Gasteiger partial charge in [0.2, 0.25) is 0 Å². The van der Waals surface area contributed by atoms with Crippen LogP contribution in [-0.2, 0) is 0 Å². The second-order valence-electron chi connectivity index (χ2n) is 3.21. The van der Waals surface area contributed by atoms with E-state index in [2.05, 4.69) is 55.5 Å². The first-order chi connectivity index (χ1) is 5.86. The summed E-state index contributed by atoms with van der Waals surface area (Å²) in [5, 5.41) is 0. The van der Waals surface area contributed by atoms with Crippen LogP contribution in [0.4, 0.5) is 0 Å². The molecule has 0 saturated heterocycles. The van der Waals surface area contributed by atoms with E-state index >= 15 is 0 Å². The molecule has 0 radical (unpaired) electrons. The van der Waals surface area contributed by atoms with Gasteiger partial charge in [0.05, 0.1) is 0 Å². The first-order valence-electron chi connectivity index (χ1n) is 4.28. The molecule has 0 nitrogen and oxygen atoms in total. The summed E-state index contributed by atoms with van der Waals surface area (Å²) in [5.41, 5.74) is 2.72. The predicted molar refractivity (Wildman–Crippen MR) is 52.2 cm³/mol. The van der Waals surface area contributed by atoms with Gasteiger partial charge in [-0.25, -0.2) is 0 Å². The van der Waals surface area contributed by atoms with E-state index in [1.807, 2.05) is 0 Å². The molecule has 0 heterocycles. The van der Waals surface area contributed by atoms with Crippen molar-refractivity contribution < 1.29 is 0 Å². The second-order valence-corrected chi connectivity index (χ2v) is 3.21. The van der Waals surface area contributed by atoms with Crippen molar-refractivity contribution in [3.63, 3.8) is 0 Å². The fraction of sp³-hybridized carbons (Fsp3) is 0.167. The minimum Gasteiger partial charge on any atom is -0.0732 e. The summed E-state index contributed by atoms with van der Waals surface area (Å²) in [6.07, 6.45) is 8.64. The number of benzene rings is 1. The normalized spacial score (nSPS) is 15.8. The van der Waals surface area contributed by atoms with E-state index in [0.29, 0.717) is 5.92 Å². The SMILES string of the molecule is Cc1cccc(C2C=CC=C2)c1. The van der Waals surface area contributed by atoms with Gasteiger partial charge < -0.3 is 0 Å². The molecule has 0 N–H and O–H groups in total. The molecule has 1 aliphatic carbocycles. The van der Waals surface area contributed by atoms with Crippen molar-refractivity contribution in [2.24, 2.45) is 0 Å². The molecule has 2 rings (SSSR count). The molecule has 0 amide bonds. The van der Waals surface area contributed by atoms with Gasteiger partial charge in [-0.05, 0) is 12.5 Å². The molecule has 1 aromatic carbocycles. The van der Waals surface area contributed by atoms with Crippen LogP contribution in [0.1, 0.15) is 17.0 Å². The molecule has 0 aromatic heterocycles. The fourth-order valence-electron chi connectivity index (χ4n) is 1.53. The van der Waals surface area contributed by atoms with Gasteiger partial charge in [0, 0.05) is 5.92 Å². The summed E-state index contributed by atoms with van der Waals surface area (Å²) in [7, 11) is 0. The first-order valence-corrected chi connectivity index (χ1v) is 4.28. The lowest BCUT2D eigenvalue weighted by atomic mass is 9.99. The van der Waals surface area contributed by atoms with Crippen molar-refractivity contribution >= 4 is 0 Å². The molecule has 1 aliphatic rings. The maximum atomic E-state index is 2.24. The minimum absolute atomic E-state index is 0.505. The van der Waals surface area contributed by atoms with Crippen LogP contribution in [0.5, 0.6) is 0 Å². The number of hydrogen-bond acceptors (Lipinski definition) is 0. The average Bonchev–Trinajstić information content (AvgIpc) is 2.56. The zero-order chi connectivity index (χ0) is 8.39. The van der Waals surface area contributed by atoms with Crippen LogP contribution >= 0.6 is 0 Å². The van der Waals surface area contributed by atoms with Crippen molar-refractivity contribution in [2.45, 2.75) is 12.8 Å². The van der Waals surface area contributed by atoms with Crippen LogP contribution in [0.15, 0.2) is 48.6 Å². The highest BCUT2D eigenvalue weighted by molar-refractivity contribution is 5.36. The minimum atomic E-state index is 0.505. The predicted octanol–water partition coefficient (Wildman–Crippen LogP) is 3.20. The Morgan fingerprint density at radius 3 is 2.50 bits per heavy atom. The van der Waals surface area contributed by atoms with E-state index in [9.17, 15) is 0 Å². The summed E-state index contributed by atoms with van der Waals surface area (Å²) in [4.78, 5) is 0. The molecular weight excluding hydrogens is 144 g/mol. The fourth-order valence-corrected chi connectivity index (χ4v) is 1.53. The smallest absolute Gasteiger partial charge is 0.0204 e. The van der Waals surface area contributed by atoms with Gasteiger partial charge in [-0.2, -0.15) is 0 Å². The third-order valence-electron chi connectivity index (χ3n) is 2.18. The van der Waals surface area contributed by atoms with Gasteiger partial charge in [0.25, 0.3) is 0 Å². The van der Waals surface area contributed by atoms with Gasteiger partial charge in [0.1, 0.15) is 0 Å². The molecule has 0 aliphatic heterocycles. The average molecular weight is 156 g/mol. The van der Waals surface area contributed by atoms with Crippen molar-refractivity contribution in [1.29, 1.82) is 0 Å². The molecular formula is C12H12. The van der Waals surface area contributed by atoms with E-state index in [4.69, 9.17) is 0 Å². The largest absolute Gasteiger partial charge is 0.0732 e. The molecule has 0 fully saturated rings. The summed E-state index contributed by atoms with van der Waals surface area (Å²) in [6.45, 7) is 2.13. The van der Waals surface area contributed by atoms with Crippen LogP contribution < -0.4 is 0 Å². The Kier molecular flexibility index (Phi) is 1.83. The highest BCUT2D eigenvalue weighted by atomic mass is 14.1. The van der Waals surface area contributed by atoms with E-state index in [1.54, 1.807) is 0 Å². The van der Waals surface area contributed by atoms with Crippen LogP contribution in [0.25, 0.3) is 0 Å². The standard InChI is InChI=1S/C12H12/c1-10-5-4-8-12(9-10)11-6-2-3-7-11/h2-9,11H,1H3. The van der Waals surface area contributed by atoms with E-state index in [-0.39, 0.29) is 0 Å². The maximum Gasteiger partial charge on any atom is 0.0204 e. The number of rotatable bonds is 1. The molecule has 12 heavy (non-hydrogen) atoms. The molecule has 0 saturated carbocycles. The second kappa shape index (κ2) is 2.98. The quantitative estimate of drug-likeness (QED) is 0.585. The van der Waals surface area contributed by atoms with Gasteiger partial charge in [-0.3, -0.25) is 0 Å². The Labute approximate surface area is 73.2 Å². The summed E-state index contributed by atoms with van der Waals surface area (Å²) < 4.78 is 0. The van der Waals surface area contributed by atoms with Crippen molar-refractivity contribution in [1.82, 2.24) is 0 Å². The van der Waals surface area contributed by atoms with Gasteiger partial charge in [-0.15, -0.1) is 0 Å². The third kappa shape index (κ3) is 1.33. The van der Waals surface area contributed by atoms with Crippen molar-refractivity contribution in [3.05, 3.63) is 59.7 Å². The van der Waals surface area contributed by atoms with Crippen LogP contribution in [0, 0.1) is 6.92 Å². The van der Waals surface area contributed by atoms with E-state index < -0.39 is 0 Å². The summed E-state index contributed by atoms with van der Waals surface area (Å²) in [6, 6.07) is 8.67. The Morgan fingerprint density at radius 2 is 1.83 bits per heavy atom. The Hall–Kier alpha value is -1.30. The summed E-state index contributed by atoms with van der Waals surface area (Å²) in [5.74, 6) is 0.505. The number of aryl methyl sites for hydroxylation is 1. The van der Waals surface area contributed by atoms with Gasteiger partial charge >= 0.3 is 0 Å². The van der Waals surface area contributed by atoms with Crippen LogP contribution in [-0.4, -0.2) is 0 Å². The van der Waals surface area contributed by atoms with Crippen molar-refractivity contribution in [2.75, 3.05) is 0 Å².